The molecule has 1 aromatic heterocycles. The Morgan fingerprint density at radius 1 is 1.50 bits per heavy atom. The summed E-state index contributed by atoms with van der Waals surface area (Å²) in [5.41, 5.74) is 0.925. The van der Waals surface area contributed by atoms with E-state index >= 15 is 0 Å². The summed E-state index contributed by atoms with van der Waals surface area (Å²) in [4.78, 5) is 12.5. The highest BCUT2D eigenvalue weighted by Crippen LogP contribution is 2.19. The molecule has 0 aliphatic carbocycles. The molecule has 0 aliphatic heterocycles. The number of aromatic nitrogens is 2. The van der Waals surface area contributed by atoms with Gasteiger partial charge in [-0.1, -0.05) is 25.3 Å². The molecule has 0 saturated carbocycles. The summed E-state index contributed by atoms with van der Waals surface area (Å²) in [5.74, 6) is 0.296. The molecule has 18 heavy (non-hydrogen) atoms. The minimum absolute atomic E-state index is 0.0523. The summed E-state index contributed by atoms with van der Waals surface area (Å²) in [5, 5.41) is 18.5. The summed E-state index contributed by atoms with van der Waals surface area (Å²) < 4.78 is 3.89. The number of nitrogens with one attached hydrogen (secondary N) is 2. The van der Waals surface area contributed by atoms with Crippen molar-refractivity contribution in [3.05, 3.63) is 10.6 Å². The van der Waals surface area contributed by atoms with Crippen LogP contribution in [0.3, 0.4) is 0 Å². The van der Waals surface area contributed by atoms with Gasteiger partial charge in [-0.15, -0.1) is 5.10 Å². The third kappa shape index (κ3) is 4.23. The van der Waals surface area contributed by atoms with Crippen LogP contribution in [0.1, 0.15) is 43.7 Å². The molecule has 7 heteroatoms. The van der Waals surface area contributed by atoms with E-state index in [0.717, 1.165) is 10.6 Å². The number of nitrogens with zero attached hydrogens (tertiary/aromatic N) is 2. The SMILES string of the molecule is CC[C@@H](CO)NC(=O)NCc1snnc1C(C)C. The van der Waals surface area contributed by atoms with Gasteiger partial charge in [0.15, 0.2) is 0 Å². The topological polar surface area (TPSA) is 87.1 Å². The Balaban J connectivity index is 2.45. The van der Waals surface area contributed by atoms with E-state index in [-0.39, 0.29) is 18.7 Å². The quantitative estimate of drug-likeness (QED) is 0.727. The van der Waals surface area contributed by atoms with Crippen LogP contribution in [-0.2, 0) is 6.54 Å². The molecule has 1 heterocycles. The van der Waals surface area contributed by atoms with Gasteiger partial charge in [0.05, 0.1) is 29.8 Å². The highest BCUT2D eigenvalue weighted by molar-refractivity contribution is 7.05. The summed E-state index contributed by atoms with van der Waals surface area (Å²) in [6.07, 6.45) is 0.698. The number of carbonyl (C=O) groups is 1. The minimum atomic E-state index is -0.279. The zero-order chi connectivity index (χ0) is 13.5. The molecule has 0 aliphatic rings. The van der Waals surface area contributed by atoms with Crippen LogP contribution in [0.15, 0.2) is 0 Å². The molecule has 0 saturated heterocycles. The second-order valence-electron chi connectivity index (χ2n) is 4.35. The molecule has 0 radical (unpaired) electrons. The number of hydrogen-bond acceptors (Lipinski definition) is 5. The number of urea groups is 1. The maximum atomic E-state index is 11.6. The van der Waals surface area contributed by atoms with Crippen LogP contribution < -0.4 is 10.6 Å². The summed E-state index contributed by atoms with van der Waals surface area (Å²) >= 11 is 1.30. The van der Waals surface area contributed by atoms with E-state index in [9.17, 15) is 4.79 Å². The molecule has 0 unspecified atom stereocenters. The molecule has 0 aromatic carbocycles. The van der Waals surface area contributed by atoms with Gasteiger partial charge >= 0.3 is 6.03 Å². The zero-order valence-electron chi connectivity index (χ0n) is 10.9. The van der Waals surface area contributed by atoms with E-state index in [0.29, 0.717) is 18.9 Å². The zero-order valence-corrected chi connectivity index (χ0v) is 11.8. The Labute approximate surface area is 111 Å². The maximum absolute atomic E-state index is 11.6. The van der Waals surface area contributed by atoms with Gasteiger partial charge in [0.2, 0.25) is 0 Å². The Morgan fingerprint density at radius 3 is 2.78 bits per heavy atom. The first-order chi connectivity index (χ1) is 8.58. The normalized spacial score (nSPS) is 12.5. The molecule has 1 aromatic rings. The predicted octanol–water partition coefficient (Wildman–Crippen LogP) is 1.23. The first-order valence-electron chi connectivity index (χ1n) is 6.04. The van der Waals surface area contributed by atoms with Crippen LogP contribution in [0.4, 0.5) is 4.79 Å². The third-order valence-electron chi connectivity index (χ3n) is 2.59. The molecule has 0 fully saturated rings. The molecule has 0 spiro atoms. The van der Waals surface area contributed by atoms with Crippen LogP contribution in [0, 0.1) is 0 Å². The molecule has 1 atom stereocenters. The molecule has 2 amide bonds. The van der Waals surface area contributed by atoms with E-state index < -0.39 is 0 Å². The smallest absolute Gasteiger partial charge is 0.315 e. The van der Waals surface area contributed by atoms with Gasteiger partial charge in [0, 0.05) is 0 Å². The Hall–Kier alpha value is -1.21. The van der Waals surface area contributed by atoms with Crippen molar-refractivity contribution in [1.82, 2.24) is 20.2 Å². The van der Waals surface area contributed by atoms with E-state index in [2.05, 4.69) is 20.2 Å². The fourth-order valence-corrected chi connectivity index (χ4v) is 2.18. The average Bonchev–Trinajstić information content (AvgIpc) is 2.81. The van der Waals surface area contributed by atoms with Gasteiger partial charge in [0.1, 0.15) is 0 Å². The Kier molecular flexibility index (Phi) is 6.00. The number of carbonyl (C=O) groups excluding carboxylic acids is 1. The lowest BCUT2D eigenvalue weighted by molar-refractivity contribution is 0.214. The molecule has 102 valence electrons. The van der Waals surface area contributed by atoms with Crippen molar-refractivity contribution in [2.45, 2.75) is 45.7 Å². The van der Waals surface area contributed by atoms with Crippen LogP contribution in [0.5, 0.6) is 0 Å². The lowest BCUT2D eigenvalue weighted by Crippen LogP contribution is -2.43. The highest BCUT2D eigenvalue weighted by Gasteiger charge is 2.13. The van der Waals surface area contributed by atoms with E-state index in [1.54, 1.807) is 0 Å². The molecule has 1 rings (SSSR count). The average molecular weight is 272 g/mol. The fourth-order valence-electron chi connectivity index (χ4n) is 1.45. The van der Waals surface area contributed by atoms with Gasteiger partial charge < -0.3 is 15.7 Å². The van der Waals surface area contributed by atoms with Crippen LogP contribution >= 0.6 is 11.5 Å². The van der Waals surface area contributed by atoms with Crippen molar-refractivity contribution in [2.24, 2.45) is 0 Å². The standard InChI is InChI=1S/C11H20N4O2S/c1-4-8(6-16)13-11(17)12-5-9-10(7(2)3)14-15-18-9/h7-8,16H,4-6H2,1-3H3,(H2,12,13,17)/t8-/m0/s1. The van der Waals surface area contributed by atoms with Gasteiger partial charge in [-0.3, -0.25) is 0 Å². The molecule has 3 N–H and O–H groups in total. The van der Waals surface area contributed by atoms with Gasteiger partial charge in [-0.25, -0.2) is 4.79 Å². The Bertz CT molecular complexity index is 377. The monoisotopic (exact) mass is 272 g/mol. The largest absolute Gasteiger partial charge is 0.394 e. The lowest BCUT2D eigenvalue weighted by atomic mass is 10.1. The lowest BCUT2D eigenvalue weighted by Gasteiger charge is -2.14. The van der Waals surface area contributed by atoms with Crippen LogP contribution in [-0.4, -0.2) is 33.4 Å². The Morgan fingerprint density at radius 2 is 2.22 bits per heavy atom. The van der Waals surface area contributed by atoms with Crippen LogP contribution in [0.2, 0.25) is 0 Å². The number of aliphatic hydroxyl groups excluding tert-OH is 1. The summed E-state index contributed by atoms with van der Waals surface area (Å²) in [7, 11) is 0. The molecule has 0 bridgehead atoms. The summed E-state index contributed by atoms with van der Waals surface area (Å²) in [6.45, 7) is 6.35. The van der Waals surface area contributed by atoms with E-state index in [1.807, 2.05) is 20.8 Å². The number of aliphatic hydroxyl groups is 1. The second-order valence-corrected chi connectivity index (χ2v) is 5.19. The molecular formula is C11H20N4O2S. The predicted molar refractivity (Wildman–Crippen MR) is 70.5 cm³/mol. The van der Waals surface area contributed by atoms with Crippen molar-refractivity contribution in [3.8, 4) is 0 Å². The van der Waals surface area contributed by atoms with Gasteiger partial charge in [-0.2, -0.15) is 0 Å². The fraction of sp³-hybridized carbons (Fsp3) is 0.727. The number of hydrogen-bond donors (Lipinski definition) is 3. The number of rotatable bonds is 6. The third-order valence-corrected chi connectivity index (χ3v) is 3.33. The van der Waals surface area contributed by atoms with Crippen LogP contribution in [0.25, 0.3) is 0 Å². The number of amides is 2. The first-order valence-corrected chi connectivity index (χ1v) is 6.82. The maximum Gasteiger partial charge on any atom is 0.315 e. The van der Waals surface area contributed by atoms with Crippen molar-refractivity contribution in [3.63, 3.8) is 0 Å². The van der Waals surface area contributed by atoms with Crippen molar-refractivity contribution in [2.75, 3.05) is 6.61 Å². The minimum Gasteiger partial charge on any atom is -0.394 e. The highest BCUT2D eigenvalue weighted by atomic mass is 32.1. The summed E-state index contributed by atoms with van der Waals surface area (Å²) in [6, 6.07) is -0.479. The second kappa shape index (κ2) is 7.27. The van der Waals surface area contributed by atoms with Gasteiger partial charge in [-0.05, 0) is 23.9 Å². The van der Waals surface area contributed by atoms with E-state index in [1.165, 1.54) is 11.5 Å². The van der Waals surface area contributed by atoms with Crippen molar-refractivity contribution >= 4 is 17.6 Å². The van der Waals surface area contributed by atoms with Gasteiger partial charge in [0.25, 0.3) is 0 Å². The van der Waals surface area contributed by atoms with Crippen molar-refractivity contribution in [1.29, 1.82) is 0 Å². The van der Waals surface area contributed by atoms with E-state index in [4.69, 9.17) is 5.11 Å². The first kappa shape index (κ1) is 14.8. The van der Waals surface area contributed by atoms with Crippen molar-refractivity contribution < 1.29 is 9.90 Å². The molecular weight excluding hydrogens is 252 g/mol. The molecule has 6 nitrogen and oxygen atoms in total.